The highest BCUT2D eigenvalue weighted by molar-refractivity contribution is 5.82. The summed E-state index contributed by atoms with van der Waals surface area (Å²) in [6, 6.07) is 14.2. The lowest BCUT2D eigenvalue weighted by atomic mass is 10.0. The maximum Gasteiger partial charge on any atom is 0.164 e. The van der Waals surface area contributed by atoms with Gasteiger partial charge in [0.1, 0.15) is 18.3 Å². The fourth-order valence-electron chi connectivity index (χ4n) is 3.35. The second-order valence-electron chi connectivity index (χ2n) is 6.45. The molecule has 1 saturated heterocycles. The number of aliphatic hydroxyl groups is 3. The van der Waals surface area contributed by atoms with Crippen LogP contribution in [0.3, 0.4) is 0 Å². The van der Waals surface area contributed by atoms with Gasteiger partial charge in [-0.15, -0.1) is 0 Å². The Morgan fingerprint density at radius 3 is 2.60 bits per heavy atom. The van der Waals surface area contributed by atoms with Gasteiger partial charge < -0.3 is 24.6 Å². The van der Waals surface area contributed by atoms with E-state index < -0.39 is 24.5 Å². The molecule has 3 aromatic rings. The minimum atomic E-state index is -1.13. The molecule has 1 aliphatic rings. The summed E-state index contributed by atoms with van der Waals surface area (Å²) in [6.45, 7) is 1.71. The van der Waals surface area contributed by atoms with Gasteiger partial charge in [-0.05, 0) is 30.2 Å². The van der Waals surface area contributed by atoms with E-state index in [2.05, 4.69) is 30.1 Å². The van der Waals surface area contributed by atoms with Gasteiger partial charge in [0.2, 0.25) is 0 Å². The Kier molecular flexibility index (Phi) is 4.05. The van der Waals surface area contributed by atoms with Crippen molar-refractivity contribution < 1.29 is 20.1 Å². The summed E-state index contributed by atoms with van der Waals surface area (Å²) >= 11 is 0. The standard InChI is InChI=1S/C19H20N2O4/c1-11-3-2-4-12(7-11)13-5-6-15-14(8-13)20-10-21(15)19-18(24)17(23)16(9-22)25-19/h2-8,10,16-19,22-24H,9H2,1H3/t16-,17-,18-,19-/m1/s1. The topological polar surface area (TPSA) is 87.7 Å². The molecule has 0 unspecified atom stereocenters. The van der Waals surface area contributed by atoms with E-state index in [0.29, 0.717) is 0 Å². The molecule has 0 bridgehead atoms. The first-order chi connectivity index (χ1) is 12.1. The molecule has 25 heavy (non-hydrogen) atoms. The molecule has 0 amide bonds. The van der Waals surface area contributed by atoms with E-state index in [0.717, 1.165) is 22.2 Å². The van der Waals surface area contributed by atoms with E-state index in [1.54, 1.807) is 10.9 Å². The minimum absolute atomic E-state index is 0.348. The molecule has 2 aromatic carbocycles. The highest BCUT2D eigenvalue weighted by atomic mass is 16.6. The van der Waals surface area contributed by atoms with Crippen molar-refractivity contribution in [1.82, 2.24) is 9.55 Å². The van der Waals surface area contributed by atoms with Crippen LogP contribution in [0, 0.1) is 6.92 Å². The Hall–Kier alpha value is -2.25. The summed E-state index contributed by atoms with van der Waals surface area (Å²) < 4.78 is 7.28. The predicted molar refractivity (Wildman–Crippen MR) is 92.9 cm³/mol. The molecule has 0 aliphatic carbocycles. The van der Waals surface area contributed by atoms with Crippen molar-refractivity contribution >= 4 is 11.0 Å². The molecule has 0 spiro atoms. The number of aromatic nitrogens is 2. The van der Waals surface area contributed by atoms with Gasteiger partial charge in [0.15, 0.2) is 6.23 Å². The van der Waals surface area contributed by atoms with Gasteiger partial charge in [-0.25, -0.2) is 4.98 Å². The van der Waals surface area contributed by atoms with Crippen molar-refractivity contribution in [1.29, 1.82) is 0 Å². The summed E-state index contributed by atoms with van der Waals surface area (Å²) in [6.07, 6.45) is -2.23. The van der Waals surface area contributed by atoms with Gasteiger partial charge in [0.25, 0.3) is 0 Å². The second-order valence-corrected chi connectivity index (χ2v) is 6.45. The van der Waals surface area contributed by atoms with E-state index in [1.165, 1.54) is 5.56 Å². The highest BCUT2D eigenvalue weighted by Crippen LogP contribution is 2.33. The van der Waals surface area contributed by atoms with Crippen LogP contribution in [0.15, 0.2) is 48.8 Å². The van der Waals surface area contributed by atoms with Crippen LogP contribution in [-0.2, 0) is 4.74 Å². The Balaban J connectivity index is 1.71. The van der Waals surface area contributed by atoms with E-state index >= 15 is 0 Å². The van der Waals surface area contributed by atoms with Crippen LogP contribution >= 0.6 is 0 Å². The minimum Gasteiger partial charge on any atom is -0.394 e. The van der Waals surface area contributed by atoms with Crippen molar-refractivity contribution in [2.75, 3.05) is 6.61 Å². The molecule has 2 heterocycles. The van der Waals surface area contributed by atoms with Crippen LogP contribution in [0.25, 0.3) is 22.2 Å². The van der Waals surface area contributed by atoms with Crippen LogP contribution in [-0.4, -0.2) is 49.8 Å². The van der Waals surface area contributed by atoms with Crippen LogP contribution < -0.4 is 0 Å². The first-order valence-electron chi connectivity index (χ1n) is 8.24. The molecule has 1 fully saturated rings. The molecule has 0 saturated carbocycles. The number of aliphatic hydroxyl groups excluding tert-OH is 3. The van der Waals surface area contributed by atoms with Crippen molar-refractivity contribution in [2.45, 2.75) is 31.5 Å². The molecule has 6 nitrogen and oxygen atoms in total. The molecule has 130 valence electrons. The average molecular weight is 340 g/mol. The number of imidazole rings is 1. The molecular formula is C19H20N2O4. The lowest BCUT2D eigenvalue weighted by Crippen LogP contribution is -2.33. The summed E-state index contributed by atoms with van der Waals surface area (Å²) in [5.74, 6) is 0. The van der Waals surface area contributed by atoms with Crippen LogP contribution in [0.5, 0.6) is 0 Å². The number of rotatable bonds is 3. The largest absolute Gasteiger partial charge is 0.394 e. The number of ether oxygens (including phenoxy) is 1. The zero-order valence-electron chi connectivity index (χ0n) is 13.8. The van der Waals surface area contributed by atoms with Crippen LogP contribution in [0.1, 0.15) is 11.8 Å². The number of aryl methyl sites for hydroxylation is 1. The second kappa shape index (κ2) is 6.24. The summed E-state index contributed by atoms with van der Waals surface area (Å²) in [7, 11) is 0. The summed E-state index contributed by atoms with van der Waals surface area (Å²) in [5.41, 5.74) is 4.93. The average Bonchev–Trinajstić information content (AvgIpc) is 3.16. The zero-order valence-corrected chi connectivity index (χ0v) is 13.8. The normalized spacial score (nSPS) is 26.4. The number of hydrogen-bond acceptors (Lipinski definition) is 5. The SMILES string of the molecule is Cc1cccc(-c2ccc3c(c2)ncn3[C@@H]2O[C@H](CO)[C@@H](O)[C@H]2O)c1. The van der Waals surface area contributed by atoms with Gasteiger partial charge in [-0.2, -0.15) is 0 Å². The Bertz CT molecular complexity index is 907. The Labute approximate surface area is 144 Å². The predicted octanol–water partition coefficient (Wildman–Crippen LogP) is 1.62. The molecule has 1 aromatic heterocycles. The van der Waals surface area contributed by atoms with Gasteiger partial charge in [-0.3, -0.25) is 0 Å². The fraction of sp³-hybridized carbons (Fsp3) is 0.316. The third kappa shape index (κ3) is 2.73. The maximum absolute atomic E-state index is 10.2. The van der Waals surface area contributed by atoms with E-state index in [9.17, 15) is 15.3 Å². The summed E-state index contributed by atoms with van der Waals surface area (Å²) in [4.78, 5) is 4.41. The smallest absolute Gasteiger partial charge is 0.164 e. The van der Waals surface area contributed by atoms with Crippen molar-refractivity contribution in [3.05, 3.63) is 54.4 Å². The van der Waals surface area contributed by atoms with Gasteiger partial charge in [0, 0.05) is 0 Å². The number of hydrogen-bond donors (Lipinski definition) is 3. The lowest BCUT2D eigenvalue weighted by Gasteiger charge is -2.17. The van der Waals surface area contributed by atoms with E-state index in [-0.39, 0.29) is 6.61 Å². The van der Waals surface area contributed by atoms with Gasteiger partial charge >= 0.3 is 0 Å². The van der Waals surface area contributed by atoms with Crippen LogP contribution in [0.2, 0.25) is 0 Å². The highest BCUT2D eigenvalue weighted by Gasteiger charge is 2.43. The lowest BCUT2D eigenvalue weighted by molar-refractivity contribution is -0.0508. The van der Waals surface area contributed by atoms with Gasteiger partial charge in [-0.1, -0.05) is 35.9 Å². The zero-order chi connectivity index (χ0) is 17.6. The molecule has 6 heteroatoms. The van der Waals surface area contributed by atoms with Crippen molar-refractivity contribution in [3.8, 4) is 11.1 Å². The Morgan fingerprint density at radius 1 is 1.08 bits per heavy atom. The summed E-state index contributed by atoms with van der Waals surface area (Å²) in [5, 5.41) is 29.4. The quantitative estimate of drug-likeness (QED) is 0.674. The molecule has 4 atom stereocenters. The van der Waals surface area contributed by atoms with E-state index in [1.807, 2.05) is 24.3 Å². The van der Waals surface area contributed by atoms with Crippen molar-refractivity contribution in [2.24, 2.45) is 0 Å². The van der Waals surface area contributed by atoms with Crippen molar-refractivity contribution in [3.63, 3.8) is 0 Å². The van der Waals surface area contributed by atoms with Gasteiger partial charge in [0.05, 0.1) is 24.0 Å². The molecule has 0 radical (unpaired) electrons. The van der Waals surface area contributed by atoms with Crippen LogP contribution in [0.4, 0.5) is 0 Å². The monoisotopic (exact) mass is 340 g/mol. The first kappa shape index (κ1) is 16.2. The third-order valence-electron chi connectivity index (χ3n) is 4.72. The molecule has 4 rings (SSSR count). The number of nitrogens with zero attached hydrogens (tertiary/aromatic N) is 2. The number of fused-ring (bicyclic) bond motifs is 1. The first-order valence-corrected chi connectivity index (χ1v) is 8.24. The van der Waals surface area contributed by atoms with E-state index in [4.69, 9.17) is 4.74 Å². The molecular weight excluding hydrogens is 320 g/mol. The molecule has 1 aliphatic heterocycles. The fourth-order valence-corrected chi connectivity index (χ4v) is 3.35. The third-order valence-corrected chi connectivity index (χ3v) is 4.72. The number of benzene rings is 2. The Morgan fingerprint density at radius 2 is 1.88 bits per heavy atom. The maximum atomic E-state index is 10.2. The molecule has 3 N–H and O–H groups in total.